The zero-order valence-corrected chi connectivity index (χ0v) is 15.0. The van der Waals surface area contributed by atoms with Crippen LogP contribution in [0.4, 0.5) is 24.5 Å². The van der Waals surface area contributed by atoms with E-state index in [0.717, 1.165) is 29.1 Å². The number of nitro benzene ring substituents is 1. The highest BCUT2D eigenvalue weighted by Gasteiger charge is 2.33. The summed E-state index contributed by atoms with van der Waals surface area (Å²) in [5.41, 5.74) is 3.23. The van der Waals surface area contributed by atoms with Crippen LogP contribution in [0.2, 0.25) is 0 Å². The molecule has 146 valence electrons. The highest BCUT2D eigenvalue weighted by atomic mass is 19.4. The lowest BCUT2D eigenvalue weighted by molar-refractivity contribution is -0.384. The highest BCUT2D eigenvalue weighted by molar-refractivity contribution is 5.82. The molecule has 0 bridgehead atoms. The van der Waals surface area contributed by atoms with Crippen LogP contribution in [-0.4, -0.2) is 29.4 Å². The number of nitrogens with zero attached hydrogens (tertiary/aromatic N) is 3. The predicted octanol–water partition coefficient (Wildman–Crippen LogP) is 4.12. The van der Waals surface area contributed by atoms with Gasteiger partial charge in [0.2, 0.25) is 0 Å². The molecule has 2 rings (SSSR count). The number of hydrogen-bond acceptors (Lipinski definition) is 5. The van der Waals surface area contributed by atoms with Gasteiger partial charge in [0.15, 0.2) is 0 Å². The van der Waals surface area contributed by atoms with E-state index in [0.29, 0.717) is 19.2 Å². The normalized spacial score (nSPS) is 11.9. The number of anilines is 1. The summed E-state index contributed by atoms with van der Waals surface area (Å²) >= 11 is 0. The van der Waals surface area contributed by atoms with Crippen molar-refractivity contribution in [2.24, 2.45) is 5.10 Å². The number of nitro groups is 1. The second-order valence-corrected chi connectivity index (χ2v) is 5.83. The molecular weight excluding hydrogens is 365 g/mol. The third kappa shape index (κ3) is 4.85. The molecule has 0 aliphatic heterocycles. The first kappa shape index (κ1) is 20.4. The zero-order chi connectivity index (χ0) is 20.2. The molecule has 0 fully saturated rings. The van der Waals surface area contributed by atoms with Crippen LogP contribution in [0, 0.1) is 24.0 Å². The van der Waals surface area contributed by atoms with Crippen molar-refractivity contribution in [1.29, 1.82) is 0 Å². The Morgan fingerprint density at radius 2 is 2.04 bits per heavy atom. The van der Waals surface area contributed by atoms with E-state index in [1.807, 2.05) is 24.5 Å². The number of aryl methyl sites for hydroxylation is 1. The van der Waals surface area contributed by atoms with Gasteiger partial charge in [0.1, 0.15) is 5.69 Å². The fourth-order valence-electron chi connectivity index (χ4n) is 2.61. The molecule has 1 aromatic carbocycles. The third-order valence-electron chi connectivity index (χ3n) is 4.04. The van der Waals surface area contributed by atoms with Crippen molar-refractivity contribution in [3.8, 4) is 0 Å². The number of nitrogens with one attached hydrogen (secondary N) is 1. The molecule has 0 aliphatic carbocycles. The fraction of sp³-hybridized carbons (Fsp3) is 0.353. The maximum atomic E-state index is 12.7. The van der Waals surface area contributed by atoms with Crippen molar-refractivity contribution in [2.75, 3.05) is 19.1 Å². The molecule has 10 heteroatoms. The molecule has 27 heavy (non-hydrogen) atoms. The van der Waals surface area contributed by atoms with Crippen molar-refractivity contribution in [2.45, 2.75) is 26.6 Å². The molecule has 0 saturated heterocycles. The van der Waals surface area contributed by atoms with Crippen LogP contribution < -0.4 is 5.43 Å². The van der Waals surface area contributed by atoms with Crippen LogP contribution in [0.15, 0.2) is 29.4 Å². The summed E-state index contributed by atoms with van der Waals surface area (Å²) in [4.78, 5) is 10.2. The van der Waals surface area contributed by atoms with Crippen LogP contribution in [0.5, 0.6) is 0 Å². The first-order chi connectivity index (χ1) is 12.6. The van der Waals surface area contributed by atoms with Gasteiger partial charge < -0.3 is 9.30 Å². The van der Waals surface area contributed by atoms with E-state index in [2.05, 4.69) is 10.5 Å². The average Bonchev–Trinajstić information content (AvgIpc) is 2.86. The van der Waals surface area contributed by atoms with Gasteiger partial charge in [-0.2, -0.15) is 18.3 Å². The minimum absolute atomic E-state index is 0.127. The number of ether oxygens (including phenoxy) is 1. The van der Waals surface area contributed by atoms with Gasteiger partial charge in [-0.25, -0.2) is 0 Å². The van der Waals surface area contributed by atoms with Crippen molar-refractivity contribution < 1.29 is 22.8 Å². The number of hydrogen-bond donors (Lipinski definition) is 1. The van der Waals surface area contributed by atoms with Gasteiger partial charge in [0.05, 0.1) is 23.3 Å². The minimum atomic E-state index is -4.66. The number of benzene rings is 1. The Bertz CT molecular complexity index is 860. The van der Waals surface area contributed by atoms with Crippen LogP contribution in [0.1, 0.15) is 22.5 Å². The third-order valence-corrected chi connectivity index (χ3v) is 4.04. The zero-order valence-electron chi connectivity index (χ0n) is 15.0. The second-order valence-electron chi connectivity index (χ2n) is 5.83. The standard InChI is InChI=1S/C17H19F3N4O3/c1-11-8-13(12(2)23(11)6-7-27-3)10-21-22-15-5-4-14(17(18,19)20)9-16(15)24(25)26/h4-5,8-10,22H,6-7H2,1-3H3/b21-10-. The molecule has 0 atom stereocenters. The lowest BCUT2D eigenvalue weighted by atomic mass is 10.1. The molecule has 1 aromatic heterocycles. The van der Waals surface area contributed by atoms with Crippen LogP contribution in [-0.2, 0) is 17.5 Å². The van der Waals surface area contributed by atoms with E-state index < -0.39 is 22.4 Å². The van der Waals surface area contributed by atoms with Gasteiger partial charge in [-0.3, -0.25) is 15.5 Å². The van der Waals surface area contributed by atoms with E-state index in [1.54, 1.807) is 7.11 Å². The van der Waals surface area contributed by atoms with E-state index in [9.17, 15) is 23.3 Å². The van der Waals surface area contributed by atoms with Gasteiger partial charge in [-0.1, -0.05) is 0 Å². The molecule has 0 saturated carbocycles. The fourth-order valence-corrected chi connectivity index (χ4v) is 2.61. The van der Waals surface area contributed by atoms with Crippen molar-refractivity contribution >= 4 is 17.6 Å². The molecule has 7 nitrogen and oxygen atoms in total. The Kier molecular flexibility index (Phi) is 6.21. The maximum Gasteiger partial charge on any atom is 0.416 e. The second kappa shape index (κ2) is 8.21. The summed E-state index contributed by atoms with van der Waals surface area (Å²) in [6, 6.07) is 4.12. The lowest BCUT2D eigenvalue weighted by Gasteiger charge is -2.08. The van der Waals surface area contributed by atoms with E-state index in [4.69, 9.17) is 4.74 Å². The van der Waals surface area contributed by atoms with E-state index >= 15 is 0 Å². The number of methoxy groups -OCH3 is 1. The monoisotopic (exact) mass is 384 g/mol. The Labute approximate surface area is 153 Å². The quantitative estimate of drug-likeness (QED) is 0.442. The first-order valence-electron chi connectivity index (χ1n) is 7.95. The molecule has 0 spiro atoms. The van der Waals surface area contributed by atoms with E-state index in [-0.39, 0.29) is 5.69 Å². The van der Waals surface area contributed by atoms with Crippen molar-refractivity contribution in [3.63, 3.8) is 0 Å². The number of rotatable bonds is 7. The number of alkyl halides is 3. The molecule has 1 N–H and O–H groups in total. The molecule has 1 heterocycles. The molecule has 0 amide bonds. The Morgan fingerprint density at radius 1 is 1.33 bits per heavy atom. The highest BCUT2D eigenvalue weighted by Crippen LogP contribution is 2.34. The van der Waals surface area contributed by atoms with Crippen LogP contribution >= 0.6 is 0 Å². The number of hydrazone groups is 1. The van der Waals surface area contributed by atoms with Gasteiger partial charge in [-0.05, 0) is 32.0 Å². The maximum absolute atomic E-state index is 12.7. The van der Waals surface area contributed by atoms with Crippen molar-refractivity contribution in [1.82, 2.24) is 4.57 Å². The molecule has 2 aromatic rings. The summed E-state index contributed by atoms with van der Waals surface area (Å²) in [6.45, 7) is 5.03. The topological polar surface area (TPSA) is 81.7 Å². The average molecular weight is 384 g/mol. The summed E-state index contributed by atoms with van der Waals surface area (Å²) < 4.78 is 45.3. The summed E-state index contributed by atoms with van der Waals surface area (Å²) in [7, 11) is 1.61. The molecule has 0 aliphatic rings. The predicted molar refractivity (Wildman–Crippen MR) is 95.1 cm³/mol. The molecule has 0 radical (unpaired) electrons. The lowest BCUT2D eigenvalue weighted by Crippen LogP contribution is -2.08. The van der Waals surface area contributed by atoms with E-state index in [1.165, 1.54) is 6.21 Å². The summed E-state index contributed by atoms with van der Waals surface area (Å²) in [5, 5.41) is 15.0. The number of aromatic nitrogens is 1. The Hall–Kier alpha value is -2.88. The first-order valence-corrected chi connectivity index (χ1v) is 7.95. The molecular formula is C17H19F3N4O3. The van der Waals surface area contributed by atoms with Crippen molar-refractivity contribution in [3.05, 3.63) is 56.9 Å². The summed E-state index contributed by atoms with van der Waals surface area (Å²) in [6.07, 6.45) is -3.20. The molecule has 0 unspecified atom stereocenters. The summed E-state index contributed by atoms with van der Waals surface area (Å²) in [5.74, 6) is 0. The van der Waals surface area contributed by atoms with Crippen LogP contribution in [0.25, 0.3) is 0 Å². The van der Waals surface area contributed by atoms with Gasteiger partial charge in [-0.15, -0.1) is 0 Å². The van der Waals surface area contributed by atoms with Gasteiger partial charge in [0, 0.05) is 36.7 Å². The minimum Gasteiger partial charge on any atom is -0.383 e. The van der Waals surface area contributed by atoms with Gasteiger partial charge in [0.25, 0.3) is 5.69 Å². The largest absolute Gasteiger partial charge is 0.416 e. The smallest absolute Gasteiger partial charge is 0.383 e. The van der Waals surface area contributed by atoms with Crippen LogP contribution in [0.3, 0.4) is 0 Å². The number of halogens is 3. The Balaban J connectivity index is 2.22. The van der Waals surface area contributed by atoms with Gasteiger partial charge >= 0.3 is 6.18 Å². The SMILES string of the molecule is COCCn1c(C)cc(/C=N\Nc2ccc(C(F)(F)F)cc2[N+](=O)[O-])c1C. The Morgan fingerprint density at radius 3 is 2.63 bits per heavy atom.